The summed E-state index contributed by atoms with van der Waals surface area (Å²) in [7, 11) is 5.34. The van der Waals surface area contributed by atoms with Crippen LogP contribution in [-0.4, -0.2) is 43.9 Å². The zero-order valence-electron chi connectivity index (χ0n) is 18.6. The van der Waals surface area contributed by atoms with Crippen molar-refractivity contribution in [2.45, 2.75) is 25.3 Å². The Morgan fingerprint density at radius 2 is 1.72 bits per heavy atom. The summed E-state index contributed by atoms with van der Waals surface area (Å²) in [6, 6.07) is 16.8. The number of nitrogens with zero attached hydrogens (tertiary/aromatic N) is 1. The van der Waals surface area contributed by atoms with Gasteiger partial charge in [0.25, 0.3) is 0 Å². The zero-order valence-corrected chi connectivity index (χ0v) is 19.4. The number of methoxy groups -OCH3 is 2. The molecule has 170 valence electrons. The Hall–Kier alpha value is -2.76. The van der Waals surface area contributed by atoms with Gasteiger partial charge in [-0.3, -0.25) is 0 Å². The van der Waals surface area contributed by atoms with Crippen LogP contribution in [0.3, 0.4) is 0 Å². The maximum atomic E-state index is 13.4. The summed E-state index contributed by atoms with van der Waals surface area (Å²) in [5, 5.41) is 11.1. The molecule has 0 radical (unpaired) electrons. The number of hydrogen-bond acceptors (Lipinski definition) is 4. The lowest BCUT2D eigenvalue weighted by Gasteiger charge is -2.28. The first-order valence-electron chi connectivity index (χ1n) is 10.5. The third-order valence-corrected chi connectivity index (χ3v) is 6.23. The van der Waals surface area contributed by atoms with Crippen LogP contribution in [0.5, 0.6) is 17.2 Å². The molecule has 4 rings (SSSR count). The van der Waals surface area contributed by atoms with E-state index in [2.05, 4.69) is 18.0 Å². The molecule has 3 aromatic rings. The predicted octanol–water partition coefficient (Wildman–Crippen LogP) is 5.28. The molecule has 0 spiro atoms. The number of aromatic hydroxyl groups is 1. The van der Waals surface area contributed by atoms with Crippen LogP contribution in [0.25, 0.3) is 11.1 Å². The number of likely N-dealkylation sites (N-methyl/N-ethyl adjacent to an activating group) is 1. The molecule has 0 saturated heterocycles. The van der Waals surface area contributed by atoms with Crippen LogP contribution in [0.15, 0.2) is 54.6 Å². The van der Waals surface area contributed by atoms with Gasteiger partial charge in [0.2, 0.25) is 0 Å². The van der Waals surface area contributed by atoms with Gasteiger partial charge in [-0.05, 0) is 78.9 Å². The van der Waals surface area contributed by atoms with Gasteiger partial charge in [0.15, 0.2) is 11.5 Å². The fourth-order valence-corrected chi connectivity index (χ4v) is 4.39. The molecule has 0 aromatic heterocycles. The number of ether oxygens (including phenoxy) is 2. The van der Waals surface area contributed by atoms with Gasteiger partial charge < -0.3 is 19.5 Å². The van der Waals surface area contributed by atoms with Crippen LogP contribution < -0.4 is 9.47 Å². The second-order valence-corrected chi connectivity index (χ2v) is 8.09. The lowest BCUT2D eigenvalue weighted by molar-refractivity contribution is 0.242. The third kappa shape index (κ3) is 4.84. The predicted molar refractivity (Wildman–Crippen MR) is 128 cm³/mol. The molecule has 1 atom stereocenters. The van der Waals surface area contributed by atoms with E-state index in [0.717, 1.165) is 59.4 Å². The van der Waals surface area contributed by atoms with Crippen molar-refractivity contribution in [3.63, 3.8) is 0 Å². The topological polar surface area (TPSA) is 41.9 Å². The number of hydrogen-bond donors (Lipinski definition) is 1. The smallest absolute Gasteiger partial charge is 0.165 e. The maximum Gasteiger partial charge on any atom is 0.165 e. The van der Waals surface area contributed by atoms with Gasteiger partial charge in [0.05, 0.1) is 14.2 Å². The van der Waals surface area contributed by atoms with Crippen LogP contribution >= 0.6 is 12.4 Å². The van der Waals surface area contributed by atoms with Gasteiger partial charge in [0.1, 0.15) is 11.6 Å². The molecular formula is C26H29ClFNO3. The average Bonchev–Trinajstić information content (AvgIpc) is 2.83. The molecule has 1 unspecified atom stereocenters. The minimum atomic E-state index is -0.224. The first kappa shape index (κ1) is 23.9. The first-order chi connectivity index (χ1) is 15.0. The Morgan fingerprint density at radius 3 is 2.41 bits per heavy atom. The van der Waals surface area contributed by atoms with Gasteiger partial charge in [-0.25, -0.2) is 4.39 Å². The highest BCUT2D eigenvalue weighted by Crippen LogP contribution is 2.43. The average molecular weight is 458 g/mol. The lowest BCUT2D eigenvalue weighted by Crippen LogP contribution is -2.36. The van der Waals surface area contributed by atoms with E-state index in [1.807, 2.05) is 36.4 Å². The van der Waals surface area contributed by atoms with Gasteiger partial charge in [0, 0.05) is 18.2 Å². The highest BCUT2D eigenvalue weighted by molar-refractivity contribution is 5.85. The number of phenolic OH excluding ortho intramolecular Hbond substituents is 1. The van der Waals surface area contributed by atoms with Crippen LogP contribution in [0, 0.1) is 5.82 Å². The van der Waals surface area contributed by atoms with E-state index >= 15 is 0 Å². The van der Waals surface area contributed by atoms with Crippen molar-refractivity contribution >= 4 is 12.4 Å². The Balaban J connectivity index is 0.00000289. The monoisotopic (exact) mass is 457 g/mol. The Labute approximate surface area is 195 Å². The highest BCUT2D eigenvalue weighted by Gasteiger charge is 2.25. The van der Waals surface area contributed by atoms with Gasteiger partial charge in [-0.2, -0.15) is 0 Å². The Kier molecular flexibility index (Phi) is 7.64. The fourth-order valence-electron chi connectivity index (χ4n) is 4.39. The van der Waals surface area contributed by atoms with Crippen LogP contribution in [-0.2, 0) is 19.3 Å². The van der Waals surface area contributed by atoms with Crippen molar-refractivity contribution in [3.05, 3.63) is 77.1 Å². The van der Waals surface area contributed by atoms with E-state index in [4.69, 9.17) is 9.47 Å². The molecule has 4 nitrogen and oxygen atoms in total. The third-order valence-electron chi connectivity index (χ3n) is 6.23. The van der Waals surface area contributed by atoms with Crippen molar-refractivity contribution < 1.29 is 19.0 Å². The molecular weight excluding hydrogens is 429 g/mol. The summed E-state index contributed by atoms with van der Waals surface area (Å²) in [6.45, 7) is 0.872. The number of phenols is 1. The summed E-state index contributed by atoms with van der Waals surface area (Å²) in [6.07, 6.45) is 2.38. The standard InChI is InChI=1S/C26H28FNO3.ClH/c1-28-13-12-18-6-10-22(30-2)16-23(18)25-19(7-11-24(31-3)26(25)29)15-21(28)14-17-4-8-20(27)9-5-17;/h4-11,16,21,29H,12-15H2,1-3H3;1H. The Bertz CT molecular complexity index is 1070. The van der Waals surface area contributed by atoms with E-state index in [1.165, 1.54) is 12.1 Å². The number of benzene rings is 3. The van der Waals surface area contributed by atoms with Gasteiger partial charge in [-0.1, -0.05) is 24.3 Å². The molecule has 6 heteroatoms. The van der Waals surface area contributed by atoms with Gasteiger partial charge >= 0.3 is 0 Å². The molecule has 3 aromatic carbocycles. The first-order valence-corrected chi connectivity index (χ1v) is 10.5. The molecule has 1 aliphatic rings. The Morgan fingerprint density at radius 1 is 1.00 bits per heavy atom. The zero-order chi connectivity index (χ0) is 22.0. The van der Waals surface area contributed by atoms with Crippen LogP contribution in [0.4, 0.5) is 4.39 Å². The summed E-state index contributed by atoms with van der Waals surface area (Å²) in [5.41, 5.74) is 5.07. The van der Waals surface area contributed by atoms with Crippen LogP contribution in [0.2, 0.25) is 0 Å². The van der Waals surface area contributed by atoms with E-state index in [-0.39, 0.29) is 30.0 Å². The van der Waals surface area contributed by atoms with E-state index in [9.17, 15) is 9.50 Å². The summed E-state index contributed by atoms with van der Waals surface area (Å²) in [4.78, 5) is 2.35. The molecule has 0 bridgehead atoms. The minimum Gasteiger partial charge on any atom is -0.504 e. The van der Waals surface area contributed by atoms with E-state index in [1.54, 1.807) is 14.2 Å². The largest absolute Gasteiger partial charge is 0.504 e. The SMILES string of the molecule is COc1ccc2c(c1)-c1c(ccc(OC)c1O)CC(Cc1ccc(F)cc1)N(C)CC2.Cl. The minimum absolute atomic E-state index is 0. The van der Waals surface area contributed by atoms with Gasteiger partial charge in [-0.15, -0.1) is 12.4 Å². The molecule has 0 aliphatic carbocycles. The number of rotatable bonds is 4. The van der Waals surface area contributed by atoms with E-state index < -0.39 is 0 Å². The maximum absolute atomic E-state index is 13.4. The van der Waals surface area contributed by atoms with Crippen molar-refractivity contribution in [1.29, 1.82) is 0 Å². The molecule has 0 amide bonds. The second-order valence-electron chi connectivity index (χ2n) is 8.09. The summed E-state index contributed by atoms with van der Waals surface area (Å²) >= 11 is 0. The van der Waals surface area contributed by atoms with Crippen LogP contribution in [0.1, 0.15) is 16.7 Å². The highest BCUT2D eigenvalue weighted by atomic mass is 35.5. The molecule has 1 aliphatic heterocycles. The summed E-state index contributed by atoms with van der Waals surface area (Å²) in [5.74, 6) is 1.13. The number of fused-ring (bicyclic) bond motifs is 3. The second kappa shape index (κ2) is 10.2. The molecule has 1 heterocycles. The normalized spacial score (nSPS) is 15.9. The molecule has 32 heavy (non-hydrogen) atoms. The van der Waals surface area contributed by atoms with Crippen molar-refractivity contribution in [3.8, 4) is 28.4 Å². The van der Waals surface area contributed by atoms with Crippen molar-refractivity contribution in [2.24, 2.45) is 0 Å². The van der Waals surface area contributed by atoms with Crippen molar-refractivity contribution in [1.82, 2.24) is 4.90 Å². The van der Waals surface area contributed by atoms with Crippen molar-refractivity contribution in [2.75, 3.05) is 27.8 Å². The fraction of sp³-hybridized carbons (Fsp3) is 0.308. The summed E-state index contributed by atoms with van der Waals surface area (Å²) < 4.78 is 24.3. The lowest BCUT2D eigenvalue weighted by atomic mass is 9.89. The molecule has 0 saturated carbocycles. The molecule has 0 fully saturated rings. The quantitative estimate of drug-likeness (QED) is 0.578. The van der Waals surface area contributed by atoms with E-state index in [0.29, 0.717) is 5.75 Å². The molecule has 1 N–H and O–H groups in total. The number of halogens is 2.